The van der Waals surface area contributed by atoms with Gasteiger partial charge in [-0.25, -0.2) is 0 Å². The molecule has 0 aliphatic carbocycles. The minimum atomic E-state index is -2.85. The highest BCUT2D eigenvalue weighted by Crippen LogP contribution is 2.14. The molecule has 0 spiro atoms. The lowest BCUT2D eigenvalue weighted by atomic mass is 10.2. The van der Waals surface area contributed by atoms with E-state index in [2.05, 4.69) is 10.1 Å². The topological polar surface area (TPSA) is 47.6 Å². The molecule has 22 heavy (non-hydrogen) atoms. The summed E-state index contributed by atoms with van der Waals surface area (Å²) in [6.45, 7) is -2.65. The average Bonchev–Trinajstić information content (AvgIpc) is 2.53. The van der Waals surface area contributed by atoms with Gasteiger partial charge in [-0.15, -0.1) is 0 Å². The van der Waals surface area contributed by atoms with Crippen LogP contribution in [0.15, 0.2) is 54.6 Å². The Morgan fingerprint density at radius 2 is 1.68 bits per heavy atom. The molecule has 2 rings (SSSR count). The fraction of sp³-hybridized carbons (Fsp3) is 0.188. The molecule has 0 unspecified atom stereocenters. The van der Waals surface area contributed by atoms with Crippen molar-refractivity contribution in [1.82, 2.24) is 5.32 Å². The highest BCUT2D eigenvalue weighted by molar-refractivity contribution is 5.77. The third-order valence-corrected chi connectivity index (χ3v) is 2.75. The van der Waals surface area contributed by atoms with E-state index >= 15 is 0 Å². The maximum absolute atomic E-state index is 12.0. The van der Waals surface area contributed by atoms with E-state index in [1.165, 1.54) is 12.1 Å². The van der Waals surface area contributed by atoms with Crippen LogP contribution in [0.1, 0.15) is 5.56 Å². The van der Waals surface area contributed by atoms with E-state index < -0.39 is 6.61 Å². The first-order valence-electron chi connectivity index (χ1n) is 6.62. The molecule has 116 valence electrons. The molecule has 0 aliphatic heterocycles. The predicted molar refractivity (Wildman–Crippen MR) is 76.9 cm³/mol. The van der Waals surface area contributed by atoms with E-state index in [0.717, 1.165) is 5.56 Å². The summed E-state index contributed by atoms with van der Waals surface area (Å²) in [5, 5.41) is 2.68. The van der Waals surface area contributed by atoms with Crippen LogP contribution in [0.3, 0.4) is 0 Å². The van der Waals surface area contributed by atoms with Gasteiger partial charge in [-0.2, -0.15) is 8.78 Å². The van der Waals surface area contributed by atoms with Gasteiger partial charge in [0.05, 0.1) is 0 Å². The molecule has 1 N–H and O–H groups in total. The molecule has 0 aliphatic rings. The molecule has 0 heterocycles. The highest BCUT2D eigenvalue weighted by atomic mass is 19.3. The maximum Gasteiger partial charge on any atom is 0.387 e. The van der Waals surface area contributed by atoms with Gasteiger partial charge in [0.1, 0.15) is 11.5 Å². The van der Waals surface area contributed by atoms with E-state index in [9.17, 15) is 13.6 Å². The van der Waals surface area contributed by atoms with Crippen molar-refractivity contribution in [3.63, 3.8) is 0 Å². The molecule has 0 bridgehead atoms. The SMILES string of the molecule is O=C(COc1ccccc1)NCc1ccc(OC(F)F)cc1. The number of amides is 1. The second kappa shape index (κ2) is 7.97. The molecular weight excluding hydrogens is 292 g/mol. The Kier molecular flexibility index (Phi) is 5.71. The first-order chi connectivity index (χ1) is 10.6. The van der Waals surface area contributed by atoms with Gasteiger partial charge in [0, 0.05) is 6.54 Å². The van der Waals surface area contributed by atoms with Gasteiger partial charge in [-0.05, 0) is 29.8 Å². The van der Waals surface area contributed by atoms with Crippen molar-refractivity contribution in [2.75, 3.05) is 6.61 Å². The van der Waals surface area contributed by atoms with Crippen LogP contribution in [0.4, 0.5) is 8.78 Å². The number of carbonyl (C=O) groups excluding carboxylic acids is 1. The van der Waals surface area contributed by atoms with Crippen LogP contribution in [0, 0.1) is 0 Å². The Hall–Kier alpha value is -2.63. The quantitative estimate of drug-likeness (QED) is 0.855. The molecule has 6 heteroatoms. The molecule has 0 atom stereocenters. The molecule has 1 amide bonds. The molecule has 4 nitrogen and oxygen atoms in total. The zero-order chi connectivity index (χ0) is 15.8. The van der Waals surface area contributed by atoms with Gasteiger partial charge < -0.3 is 14.8 Å². The van der Waals surface area contributed by atoms with Crippen LogP contribution in [0.25, 0.3) is 0 Å². The lowest BCUT2D eigenvalue weighted by Crippen LogP contribution is -2.28. The first kappa shape index (κ1) is 15.8. The summed E-state index contributed by atoms with van der Waals surface area (Å²) in [6, 6.07) is 15.1. The molecular formula is C16H15F2NO3. The van der Waals surface area contributed by atoms with E-state index in [4.69, 9.17) is 4.74 Å². The van der Waals surface area contributed by atoms with Gasteiger partial charge in [0.25, 0.3) is 5.91 Å². The van der Waals surface area contributed by atoms with Crippen molar-refractivity contribution in [2.45, 2.75) is 13.2 Å². The lowest BCUT2D eigenvalue weighted by molar-refractivity contribution is -0.123. The Morgan fingerprint density at radius 3 is 2.32 bits per heavy atom. The van der Waals surface area contributed by atoms with Gasteiger partial charge in [0.2, 0.25) is 0 Å². The Balaban J connectivity index is 1.74. The Bertz CT molecular complexity index is 588. The second-order valence-corrected chi connectivity index (χ2v) is 4.40. The minimum Gasteiger partial charge on any atom is -0.484 e. The Labute approximate surface area is 126 Å². The van der Waals surface area contributed by atoms with Gasteiger partial charge in [0.15, 0.2) is 6.61 Å². The molecule has 2 aromatic carbocycles. The van der Waals surface area contributed by atoms with Crippen LogP contribution < -0.4 is 14.8 Å². The summed E-state index contributed by atoms with van der Waals surface area (Å²) in [5.41, 5.74) is 0.773. The molecule has 0 aromatic heterocycles. The standard InChI is InChI=1S/C16H15F2NO3/c17-16(18)22-14-8-6-12(7-9-14)10-19-15(20)11-21-13-4-2-1-3-5-13/h1-9,16H,10-11H2,(H,19,20). The smallest absolute Gasteiger partial charge is 0.387 e. The highest BCUT2D eigenvalue weighted by Gasteiger charge is 2.05. The zero-order valence-electron chi connectivity index (χ0n) is 11.7. The fourth-order valence-electron chi connectivity index (χ4n) is 1.71. The maximum atomic E-state index is 12.0. The van der Waals surface area contributed by atoms with E-state index in [0.29, 0.717) is 5.75 Å². The number of rotatable bonds is 7. The minimum absolute atomic E-state index is 0.0810. The van der Waals surface area contributed by atoms with Crippen molar-refractivity contribution in [3.05, 3.63) is 60.2 Å². The molecule has 0 saturated carbocycles. The van der Waals surface area contributed by atoms with Gasteiger partial charge in [-0.3, -0.25) is 4.79 Å². The lowest BCUT2D eigenvalue weighted by Gasteiger charge is -2.08. The number of nitrogens with one attached hydrogen (secondary N) is 1. The fourth-order valence-corrected chi connectivity index (χ4v) is 1.71. The largest absolute Gasteiger partial charge is 0.484 e. The summed E-state index contributed by atoms with van der Waals surface area (Å²) in [6.07, 6.45) is 0. The Morgan fingerprint density at radius 1 is 1.00 bits per heavy atom. The summed E-state index contributed by atoms with van der Waals surface area (Å²) < 4.78 is 33.6. The van der Waals surface area contributed by atoms with Crippen molar-refractivity contribution in [1.29, 1.82) is 0 Å². The summed E-state index contributed by atoms with van der Waals surface area (Å²) in [4.78, 5) is 11.6. The summed E-state index contributed by atoms with van der Waals surface area (Å²) >= 11 is 0. The molecule has 2 aromatic rings. The van der Waals surface area contributed by atoms with Crippen LogP contribution in [0.5, 0.6) is 11.5 Å². The van der Waals surface area contributed by atoms with Gasteiger partial charge >= 0.3 is 6.61 Å². The molecule has 0 radical (unpaired) electrons. The van der Waals surface area contributed by atoms with Crippen LogP contribution in [-0.4, -0.2) is 19.1 Å². The number of ether oxygens (including phenoxy) is 2. The van der Waals surface area contributed by atoms with Crippen LogP contribution >= 0.6 is 0 Å². The summed E-state index contributed by atoms with van der Waals surface area (Å²) in [5.74, 6) is 0.431. The van der Waals surface area contributed by atoms with Gasteiger partial charge in [-0.1, -0.05) is 30.3 Å². The van der Waals surface area contributed by atoms with E-state index in [1.54, 1.807) is 24.3 Å². The number of benzene rings is 2. The summed E-state index contributed by atoms with van der Waals surface area (Å²) in [7, 11) is 0. The van der Waals surface area contributed by atoms with Crippen LogP contribution in [0.2, 0.25) is 0 Å². The van der Waals surface area contributed by atoms with E-state index in [1.807, 2.05) is 18.2 Å². The number of hydrogen-bond donors (Lipinski definition) is 1. The number of alkyl halides is 2. The van der Waals surface area contributed by atoms with Crippen molar-refractivity contribution >= 4 is 5.91 Å². The first-order valence-corrected chi connectivity index (χ1v) is 6.62. The number of halogens is 2. The number of hydrogen-bond acceptors (Lipinski definition) is 3. The number of carbonyl (C=O) groups is 1. The molecule has 0 fully saturated rings. The second-order valence-electron chi connectivity index (χ2n) is 4.40. The molecule has 0 saturated heterocycles. The van der Waals surface area contributed by atoms with Crippen molar-refractivity contribution in [3.8, 4) is 11.5 Å². The van der Waals surface area contributed by atoms with Crippen molar-refractivity contribution < 1.29 is 23.0 Å². The predicted octanol–water partition coefficient (Wildman–Crippen LogP) is 2.98. The number of para-hydroxylation sites is 1. The van der Waals surface area contributed by atoms with Crippen LogP contribution in [-0.2, 0) is 11.3 Å². The average molecular weight is 307 g/mol. The zero-order valence-corrected chi connectivity index (χ0v) is 11.7. The van der Waals surface area contributed by atoms with E-state index in [-0.39, 0.29) is 24.8 Å². The third-order valence-electron chi connectivity index (χ3n) is 2.75. The third kappa shape index (κ3) is 5.40. The monoisotopic (exact) mass is 307 g/mol. The normalized spacial score (nSPS) is 10.3. The van der Waals surface area contributed by atoms with Crippen molar-refractivity contribution in [2.24, 2.45) is 0 Å².